The van der Waals surface area contributed by atoms with E-state index in [4.69, 9.17) is 10.5 Å². The molecule has 1 heterocycles. The first-order chi connectivity index (χ1) is 6.77. The largest absolute Gasteiger partial charge is 0.382 e. The monoisotopic (exact) mass is 197 g/mol. The molecular formula is C10H19N3O. The zero-order valence-electron chi connectivity index (χ0n) is 8.99. The summed E-state index contributed by atoms with van der Waals surface area (Å²) in [5.41, 5.74) is 7.72. The van der Waals surface area contributed by atoms with E-state index in [1.165, 1.54) is 0 Å². The first-order valence-corrected chi connectivity index (χ1v) is 5.08. The van der Waals surface area contributed by atoms with E-state index in [1.807, 2.05) is 24.7 Å². The third-order valence-corrected chi connectivity index (χ3v) is 2.15. The van der Waals surface area contributed by atoms with Crippen molar-refractivity contribution in [2.45, 2.75) is 33.4 Å². The standard InChI is InChI=1S/C10H19N3O/c1-3-14-6-4-5-13-8-10(7-11)9(2)12-13/h8H,3-7,11H2,1-2H3. The van der Waals surface area contributed by atoms with Gasteiger partial charge in [0, 0.05) is 38.1 Å². The van der Waals surface area contributed by atoms with Gasteiger partial charge in [-0.15, -0.1) is 0 Å². The van der Waals surface area contributed by atoms with Gasteiger partial charge < -0.3 is 10.5 Å². The molecule has 14 heavy (non-hydrogen) atoms. The lowest BCUT2D eigenvalue weighted by Crippen LogP contribution is -2.03. The average molecular weight is 197 g/mol. The van der Waals surface area contributed by atoms with Crippen LogP contribution in [-0.2, 0) is 17.8 Å². The van der Waals surface area contributed by atoms with Crippen LogP contribution in [0.5, 0.6) is 0 Å². The molecule has 1 aromatic heterocycles. The van der Waals surface area contributed by atoms with Crippen molar-refractivity contribution in [2.24, 2.45) is 5.73 Å². The molecule has 0 saturated heterocycles. The number of rotatable bonds is 6. The fourth-order valence-corrected chi connectivity index (χ4v) is 1.35. The number of aryl methyl sites for hydroxylation is 2. The topological polar surface area (TPSA) is 53.1 Å². The highest BCUT2D eigenvalue weighted by atomic mass is 16.5. The number of nitrogens with zero attached hydrogens (tertiary/aromatic N) is 2. The molecule has 0 saturated carbocycles. The van der Waals surface area contributed by atoms with E-state index < -0.39 is 0 Å². The maximum Gasteiger partial charge on any atom is 0.0638 e. The van der Waals surface area contributed by atoms with E-state index in [1.54, 1.807) is 0 Å². The highest BCUT2D eigenvalue weighted by molar-refractivity contribution is 5.14. The molecule has 0 bridgehead atoms. The maximum absolute atomic E-state index is 5.56. The van der Waals surface area contributed by atoms with Gasteiger partial charge in [-0.05, 0) is 20.3 Å². The summed E-state index contributed by atoms with van der Waals surface area (Å²) >= 11 is 0. The van der Waals surface area contributed by atoms with Crippen LogP contribution in [0.15, 0.2) is 6.20 Å². The van der Waals surface area contributed by atoms with Crippen molar-refractivity contribution in [1.82, 2.24) is 9.78 Å². The van der Waals surface area contributed by atoms with Crippen LogP contribution in [0.25, 0.3) is 0 Å². The van der Waals surface area contributed by atoms with E-state index in [0.717, 1.165) is 37.4 Å². The van der Waals surface area contributed by atoms with E-state index in [0.29, 0.717) is 6.54 Å². The molecule has 0 aliphatic rings. The van der Waals surface area contributed by atoms with Crippen LogP contribution < -0.4 is 5.73 Å². The minimum atomic E-state index is 0.567. The predicted octanol–water partition coefficient (Wildman–Crippen LogP) is 1.08. The van der Waals surface area contributed by atoms with Gasteiger partial charge in [-0.1, -0.05) is 0 Å². The van der Waals surface area contributed by atoms with Crippen LogP contribution >= 0.6 is 0 Å². The summed E-state index contributed by atoms with van der Waals surface area (Å²) in [4.78, 5) is 0. The second-order valence-corrected chi connectivity index (χ2v) is 3.26. The third kappa shape index (κ3) is 3.12. The lowest BCUT2D eigenvalue weighted by molar-refractivity contribution is 0.141. The molecule has 0 amide bonds. The molecule has 0 unspecified atom stereocenters. The highest BCUT2D eigenvalue weighted by Gasteiger charge is 2.01. The molecule has 0 aromatic carbocycles. The Hall–Kier alpha value is -0.870. The fourth-order valence-electron chi connectivity index (χ4n) is 1.35. The van der Waals surface area contributed by atoms with Crippen molar-refractivity contribution in [2.75, 3.05) is 13.2 Å². The van der Waals surface area contributed by atoms with Crippen molar-refractivity contribution in [3.05, 3.63) is 17.5 Å². The summed E-state index contributed by atoms with van der Waals surface area (Å²) in [5, 5.41) is 4.36. The maximum atomic E-state index is 5.56. The molecule has 4 heteroatoms. The van der Waals surface area contributed by atoms with Crippen molar-refractivity contribution >= 4 is 0 Å². The summed E-state index contributed by atoms with van der Waals surface area (Å²) in [6, 6.07) is 0. The summed E-state index contributed by atoms with van der Waals surface area (Å²) in [6.45, 7) is 7.05. The van der Waals surface area contributed by atoms with Crippen molar-refractivity contribution in [3.8, 4) is 0 Å². The summed E-state index contributed by atoms with van der Waals surface area (Å²) in [6.07, 6.45) is 3.01. The highest BCUT2D eigenvalue weighted by Crippen LogP contribution is 2.04. The Labute approximate surface area is 85.0 Å². The smallest absolute Gasteiger partial charge is 0.0638 e. The Morgan fingerprint density at radius 3 is 2.93 bits per heavy atom. The molecule has 80 valence electrons. The molecule has 0 aliphatic heterocycles. The van der Waals surface area contributed by atoms with Crippen molar-refractivity contribution in [1.29, 1.82) is 0 Å². The Morgan fingerprint density at radius 2 is 2.36 bits per heavy atom. The molecule has 2 N–H and O–H groups in total. The minimum Gasteiger partial charge on any atom is -0.382 e. The van der Waals surface area contributed by atoms with Gasteiger partial charge in [0.2, 0.25) is 0 Å². The van der Waals surface area contributed by atoms with Crippen LogP contribution in [0.1, 0.15) is 24.6 Å². The van der Waals surface area contributed by atoms with Gasteiger partial charge >= 0.3 is 0 Å². The van der Waals surface area contributed by atoms with Gasteiger partial charge in [-0.3, -0.25) is 4.68 Å². The number of hydrogen-bond donors (Lipinski definition) is 1. The van der Waals surface area contributed by atoms with Crippen LogP contribution in [0.4, 0.5) is 0 Å². The van der Waals surface area contributed by atoms with E-state index in [-0.39, 0.29) is 0 Å². The lowest BCUT2D eigenvalue weighted by Gasteiger charge is -2.01. The molecule has 0 radical (unpaired) electrons. The molecule has 4 nitrogen and oxygen atoms in total. The second kappa shape index (κ2) is 5.78. The molecule has 0 fully saturated rings. The summed E-state index contributed by atoms with van der Waals surface area (Å²) in [7, 11) is 0. The second-order valence-electron chi connectivity index (χ2n) is 3.26. The zero-order valence-corrected chi connectivity index (χ0v) is 8.99. The third-order valence-electron chi connectivity index (χ3n) is 2.15. The van der Waals surface area contributed by atoms with Crippen LogP contribution in [0.2, 0.25) is 0 Å². The van der Waals surface area contributed by atoms with Crippen LogP contribution in [0.3, 0.4) is 0 Å². The molecule has 1 aromatic rings. The normalized spacial score (nSPS) is 10.8. The van der Waals surface area contributed by atoms with Gasteiger partial charge in [0.25, 0.3) is 0 Å². The number of ether oxygens (including phenoxy) is 1. The van der Waals surface area contributed by atoms with Crippen LogP contribution in [-0.4, -0.2) is 23.0 Å². The SMILES string of the molecule is CCOCCCn1cc(CN)c(C)n1. The van der Waals surface area contributed by atoms with E-state index in [9.17, 15) is 0 Å². The van der Waals surface area contributed by atoms with Gasteiger partial charge in [0.05, 0.1) is 5.69 Å². The quantitative estimate of drug-likeness (QED) is 0.694. The van der Waals surface area contributed by atoms with Gasteiger partial charge in [-0.2, -0.15) is 5.10 Å². The Bertz CT molecular complexity index is 270. The number of nitrogens with two attached hydrogens (primary N) is 1. The Balaban J connectivity index is 2.35. The van der Waals surface area contributed by atoms with E-state index >= 15 is 0 Å². The summed E-state index contributed by atoms with van der Waals surface area (Å²) in [5.74, 6) is 0. The molecule has 0 aliphatic carbocycles. The average Bonchev–Trinajstić information content (AvgIpc) is 2.54. The molecular weight excluding hydrogens is 178 g/mol. The van der Waals surface area contributed by atoms with Crippen molar-refractivity contribution < 1.29 is 4.74 Å². The summed E-state index contributed by atoms with van der Waals surface area (Å²) < 4.78 is 7.19. The first-order valence-electron chi connectivity index (χ1n) is 5.08. The van der Waals surface area contributed by atoms with Gasteiger partial charge in [-0.25, -0.2) is 0 Å². The number of hydrogen-bond acceptors (Lipinski definition) is 3. The lowest BCUT2D eigenvalue weighted by atomic mass is 10.3. The van der Waals surface area contributed by atoms with Gasteiger partial charge in [0.1, 0.15) is 0 Å². The van der Waals surface area contributed by atoms with Crippen LogP contribution in [0, 0.1) is 6.92 Å². The minimum absolute atomic E-state index is 0.567. The first kappa shape index (κ1) is 11.2. The molecule has 0 atom stereocenters. The molecule has 0 spiro atoms. The fraction of sp³-hybridized carbons (Fsp3) is 0.700. The zero-order chi connectivity index (χ0) is 10.4. The molecule has 1 rings (SSSR count). The van der Waals surface area contributed by atoms with Crippen molar-refractivity contribution in [3.63, 3.8) is 0 Å². The Morgan fingerprint density at radius 1 is 1.57 bits per heavy atom. The number of aromatic nitrogens is 2. The van der Waals surface area contributed by atoms with Gasteiger partial charge in [0.15, 0.2) is 0 Å². The predicted molar refractivity (Wildman–Crippen MR) is 56.0 cm³/mol. The Kier molecular flexibility index (Phi) is 4.62. The van der Waals surface area contributed by atoms with E-state index in [2.05, 4.69) is 5.10 Å².